The molecule has 4 heteroatoms. The Balaban J connectivity index is 1.80. The first-order valence-corrected chi connectivity index (χ1v) is 6.40. The standard InChI is InChI=1S/C13H15NO2S/c1-14(7-6-13-3-2-8-17-13)9-11-4-5-12(10-15)16-11/h2-5,8,10H,6-7,9H2,1H3. The van der Waals surface area contributed by atoms with Gasteiger partial charge in [-0.05, 0) is 37.0 Å². The van der Waals surface area contributed by atoms with Gasteiger partial charge in [-0.15, -0.1) is 11.3 Å². The van der Waals surface area contributed by atoms with Crippen LogP contribution in [-0.4, -0.2) is 24.8 Å². The van der Waals surface area contributed by atoms with Crippen molar-refractivity contribution in [2.24, 2.45) is 0 Å². The van der Waals surface area contributed by atoms with Gasteiger partial charge in [-0.3, -0.25) is 9.69 Å². The maximum absolute atomic E-state index is 10.5. The van der Waals surface area contributed by atoms with Crippen LogP contribution < -0.4 is 0 Å². The topological polar surface area (TPSA) is 33.5 Å². The van der Waals surface area contributed by atoms with Crippen LogP contribution in [-0.2, 0) is 13.0 Å². The van der Waals surface area contributed by atoms with E-state index in [1.54, 1.807) is 17.4 Å². The van der Waals surface area contributed by atoms with Crippen molar-refractivity contribution in [3.05, 3.63) is 46.0 Å². The number of nitrogens with zero attached hydrogens (tertiary/aromatic N) is 1. The lowest BCUT2D eigenvalue weighted by molar-refractivity contribution is 0.109. The summed E-state index contributed by atoms with van der Waals surface area (Å²) < 4.78 is 5.33. The van der Waals surface area contributed by atoms with E-state index in [-0.39, 0.29) is 0 Å². The van der Waals surface area contributed by atoms with Crippen molar-refractivity contribution in [3.8, 4) is 0 Å². The van der Waals surface area contributed by atoms with Crippen molar-refractivity contribution in [1.82, 2.24) is 4.90 Å². The number of carbonyl (C=O) groups excluding carboxylic acids is 1. The highest BCUT2D eigenvalue weighted by molar-refractivity contribution is 7.09. The van der Waals surface area contributed by atoms with Gasteiger partial charge in [-0.1, -0.05) is 6.07 Å². The molecule has 90 valence electrons. The van der Waals surface area contributed by atoms with Crippen LogP contribution >= 0.6 is 11.3 Å². The molecule has 2 rings (SSSR count). The number of aldehydes is 1. The lowest BCUT2D eigenvalue weighted by Crippen LogP contribution is -2.20. The Morgan fingerprint density at radius 2 is 2.29 bits per heavy atom. The summed E-state index contributed by atoms with van der Waals surface area (Å²) in [6, 6.07) is 7.78. The number of hydrogen-bond acceptors (Lipinski definition) is 4. The third-order valence-electron chi connectivity index (χ3n) is 2.54. The van der Waals surface area contributed by atoms with E-state index in [1.165, 1.54) is 4.88 Å². The van der Waals surface area contributed by atoms with Gasteiger partial charge in [0.25, 0.3) is 0 Å². The van der Waals surface area contributed by atoms with Gasteiger partial charge >= 0.3 is 0 Å². The maximum Gasteiger partial charge on any atom is 0.185 e. The second-order valence-electron chi connectivity index (χ2n) is 3.99. The highest BCUT2D eigenvalue weighted by Crippen LogP contribution is 2.11. The molecule has 0 aromatic carbocycles. The van der Waals surface area contributed by atoms with Crippen LogP contribution in [0.4, 0.5) is 0 Å². The van der Waals surface area contributed by atoms with Crippen molar-refractivity contribution in [2.75, 3.05) is 13.6 Å². The molecule has 0 unspecified atom stereocenters. The van der Waals surface area contributed by atoms with Crippen LogP contribution in [0.1, 0.15) is 21.2 Å². The largest absolute Gasteiger partial charge is 0.457 e. The van der Waals surface area contributed by atoms with Gasteiger partial charge in [0, 0.05) is 11.4 Å². The molecule has 2 aromatic rings. The molecular weight excluding hydrogens is 234 g/mol. The Hall–Kier alpha value is -1.39. The van der Waals surface area contributed by atoms with Crippen molar-refractivity contribution in [1.29, 1.82) is 0 Å². The Kier molecular flexibility index (Phi) is 4.12. The van der Waals surface area contributed by atoms with E-state index in [9.17, 15) is 4.79 Å². The molecular formula is C13H15NO2S. The predicted molar refractivity (Wildman–Crippen MR) is 68.5 cm³/mol. The summed E-state index contributed by atoms with van der Waals surface area (Å²) in [6.07, 6.45) is 1.78. The molecule has 0 saturated carbocycles. The van der Waals surface area contributed by atoms with Gasteiger partial charge in [-0.25, -0.2) is 0 Å². The first-order chi connectivity index (χ1) is 8.28. The van der Waals surface area contributed by atoms with E-state index < -0.39 is 0 Å². The second-order valence-corrected chi connectivity index (χ2v) is 5.02. The molecule has 0 radical (unpaired) electrons. The summed E-state index contributed by atoms with van der Waals surface area (Å²) >= 11 is 1.78. The zero-order chi connectivity index (χ0) is 12.1. The lowest BCUT2D eigenvalue weighted by atomic mass is 10.3. The summed E-state index contributed by atoms with van der Waals surface area (Å²) in [6.45, 7) is 1.72. The predicted octanol–water partition coefficient (Wildman–Crippen LogP) is 2.83. The molecule has 2 aromatic heterocycles. The molecule has 0 bridgehead atoms. The molecule has 17 heavy (non-hydrogen) atoms. The van der Waals surface area contributed by atoms with E-state index >= 15 is 0 Å². The molecule has 2 heterocycles. The Morgan fingerprint density at radius 1 is 1.41 bits per heavy atom. The van der Waals surface area contributed by atoms with Crippen LogP contribution in [0.3, 0.4) is 0 Å². The fourth-order valence-corrected chi connectivity index (χ4v) is 2.34. The first-order valence-electron chi connectivity index (χ1n) is 5.53. The molecule has 0 aliphatic carbocycles. The first kappa shape index (κ1) is 12.1. The van der Waals surface area contributed by atoms with Gasteiger partial charge in [0.2, 0.25) is 0 Å². The number of rotatable bonds is 6. The number of carbonyl (C=O) groups is 1. The SMILES string of the molecule is CN(CCc1cccs1)Cc1ccc(C=O)o1. The van der Waals surface area contributed by atoms with Crippen LogP contribution in [0, 0.1) is 0 Å². The molecule has 0 spiro atoms. The molecule has 0 atom stereocenters. The van der Waals surface area contributed by atoms with E-state index in [1.807, 2.05) is 6.07 Å². The van der Waals surface area contributed by atoms with Crippen molar-refractivity contribution in [3.63, 3.8) is 0 Å². The zero-order valence-corrected chi connectivity index (χ0v) is 10.6. The van der Waals surface area contributed by atoms with Gasteiger partial charge in [-0.2, -0.15) is 0 Å². The minimum absolute atomic E-state index is 0.395. The molecule has 0 N–H and O–H groups in total. The Labute approximate surface area is 105 Å². The van der Waals surface area contributed by atoms with E-state index in [0.29, 0.717) is 5.76 Å². The van der Waals surface area contributed by atoms with Crippen molar-refractivity contribution >= 4 is 17.6 Å². The molecule has 0 fully saturated rings. The van der Waals surface area contributed by atoms with Crippen LogP contribution in [0.5, 0.6) is 0 Å². The van der Waals surface area contributed by atoms with Crippen molar-refractivity contribution in [2.45, 2.75) is 13.0 Å². The van der Waals surface area contributed by atoms with Gasteiger partial charge in [0.1, 0.15) is 5.76 Å². The summed E-state index contributed by atoms with van der Waals surface area (Å²) in [4.78, 5) is 14.1. The second kappa shape index (κ2) is 5.80. The fraction of sp³-hybridized carbons (Fsp3) is 0.308. The fourth-order valence-electron chi connectivity index (χ4n) is 1.64. The maximum atomic E-state index is 10.5. The van der Waals surface area contributed by atoms with Crippen LogP contribution in [0.15, 0.2) is 34.1 Å². The molecule has 3 nitrogen and oxygen atoms in total. The lowest BCUT2D eigenvalue weighted by Gasteiger charge is -2.14. The molecule has 0 amide bonds. The smallest absolute Gasteiger partial charge is 0.185 e. The van der Waals surface area contributed by atoms with E-state index in [4.69, 9.17) is 4.42 Å². The third-order valence-corrected chi connectivity index (χ3v) is 3.48. The summed E-state index contributed by atoms with van der Waals surface area (Å²) in [5.41, 5.74) is 0. The summed E-state index contributed by atoms with van der Waals surface area (Å²) in [5.74, 6) is 1.23. The minimum atomic E-state index is 0.395. The zero-order valence-electron chi connectivity index (χ0n) is 9.76. The third kappa shape index (κ3) is 3.54. The molecule has 0 aliphatic heterocycles. The highest BCUT2D eigenvalue weighted by atomic mass is 32.1. The number of furan rings is 1. The molecule has 0 saturated heterocycles. The summed E-state index contributed by atoms with van der Waals surface area (Å²) in [5, 5.41) is 2.10. The summed E-state index contributed by atoms with van der Waals surface area (Å²) in [7, 11) is 2.05. The normalized spacial score (nSPS) is 10.9. The van der Waals surface area contributed by atoms with E-state index in [2.05, 4.69) is 29.5 Å². The Bertz CT molecular complexity index is 461. The quantitative estimate of drug-likeness (QED) is 0.738. The number of likely N-dealkylation sites (N-methyl/N-ethyl adjacent to an activating group) is 1. The van der Waals surface area contributed by atoms with Gasteiger partial charge in [0.05, 0.1) is 6.54 Å². The highest BCUT2D eigenvalue weighted by Gasteiger charge is 2.05. The van der Waals surface area contributed by atoms with Crippen molar-refractivity contribution < 1.29 is 9.21 Å². The van der Waals surface area contributed by atoms with Gasteiger partial charge in [0.15, 0.2) is 12.0 Å². The monoisotopic (exact) mass is 249 g/mol. The number of thiophene rings is 1. The average molecular weight is 249 g/mol. The van der Waals surface area contributed by atoms with Crippen LogP contribution in [0.2, 0.25) is 0 Å². The minimum Gasteiger partial charge on any atom is -0.457 e. The average Bonchev–Trinajstić information content (AvgIpc) is 2.97. The Morgan fingerprint density at radius 3 is 2.94 bits per heavy atom. The van der Waals surface area contributed by atoms with Gasteiger partial charge < -0.3 is 4.42 Å². The van der Waals surface area contributed by atoms with Crippen LogP contribution in [0.25, 0.3) is 0 Å². The van der Waals surface area contributed by atoms with E-state index in [0.717, 1.165) is 31.6 Å². The molecule has 0 aliphatic rings. The number of hydrogen-bond donors (Lipinski definition) is 0.